The Morgan fingerprint density at radius 2 is 1.61 bits per heavy atom. The molecule has 0 aliphatic rings. The number of amides is 1. The van der Waals surface area contributed by atoms with Crippen LogP contribution in [0.1, 0.15) is 61.8 Å². The molecule has 0 rings (SSSR count). The Morgan fingerprint density at radius 3 is 1.94 bits per heavy atom. The summed E-state index contributed by atoms with van der Waals surface area (Å²) in [7, 11) is 0. The van der Waals surface area contributed by atoms with E-state index in [1.165, 1.54) is 0 Å². The number of carbonyl (C=O) groups is 1. The molecule has 0 spiro atoms. The molecule has 0 aliphatic carbocycles. The molecule has 0 saturated carbocycles. The zero-order chi connectivity index (χ0) is 14.8. The van der Waals surface area contributed by atoms with E-state index in [1.54, 1.807) is 0 Å². The highest BCUT2D eigenvalue weighted by Gasteiger charge is 2.36. The lowest BCUT2D eigenvalue weighted by Gasteiger charge is -2.39. The zero-order valence-electron chi connectivity index (χ0n) is 13.2. The van der Waals surface area contributed by atoms with E-state index in [9.17, 15) is 4.79 Å². The summed E-state index contributed by atoms with van der Waals surface area (Å²) in [6.07, 6.45) is 0.413. The van der Waals surface area contributed by atoms with Gasteiger partial charge < -0.3 is 15.8 Å². The second-order valence-electron chi connectivity index (χ2n) is 7.22. The van der Waals surface area contributed by atoms with Gasteiger partial charge in [-0.25, -0.2) is 4.79 Å². The largest absolute Gasteiger partial charge is 0.444 e. The summed E-state index contributed by atoms with van der Waals surface area (Å²) in [4.78, 5) is 11.9. The molecule has 3 N–H and O–H groups in total. The Labute approximate surface area is 112 Å². The van der Waals surface area contributed by atoms with Crippen LogP contribution in [0.15, 0.2) is 0 Å². The molecule has 0 aromatic heterocycles. The minimum atomic E-state index is -0.530. The quantitative estimate of drug-likeness (QED) is 0.796. The number of hydrogen-bond acceptors (Lipinski definition) is 3. The molecule has 0 bridgehead atoms. The predicted molar refractivity (Wildman–Crippen MR) is 75.5 cm³/mol. The van der Waals surface area contributed by atoms with Crippen LogP contribution in [0.2, 0.25) is 0 Å². The van der Waals surface area contributed by atoms with Crippen LogP contribution >= 0.6 is 0 Å². The Bertz CT molecular complexity index is 289. The summed E-state index contributed by atoms with van der Waals surface area (Å²) in [6.45, 7) is 15.6. The molecule has 4 nitrogen and oxygen atoms in total. The molecule has 4 heteroatoms. The fraction of sp³-hybridized carbons (Fsp3) is 0.929. The lowest BCUT2D eigenvalue weighted by Crippen LogP contribution is -2.62. The standard InChI is InChI=1S/C14H30N2O2/c1-10(2)9-12(3,4)18-11(17)16-14(7,8)13(5,6)15/h10H,9,15H2,1-8H3,(H,16,17). The van der Waals surface area contributed by atoms with Crippen LogP contribution in [0.4, 0.5) is 4.79 Å². The third kappa shape index (κ3) is 5.71. The van der Waals surface area contributed by atoms with Crippen molar-refractivity contribution in [2.24, 2.45) is 11.7 Å². The van der Waals surface area contributed by atoms with Crippen LogP contribution in [0.3, 0.4) is 0 Å². The van der Waals surface area contributed by atoms with E-state index >= 15 is 0 Å². The highest BCUT2D eigenvalue weighted by molar-refractivity contribution is 5.69. The molecule has 18 heavy (non-hydrogen) atoms. The number of rotatable bonds is 5. The Balaban J connectivity index is 4.53. The smallest absolute Gasteiger partial charge is 0.408 e. The van der Waals surface area contributed by atoms with Crippen molar-refractivity contribution in [2.45, 2.75) is 78.5 Å². The maximum Gasteiger partial charge on any atom is 0.408 e. The van der Waals surface area contributed by atoms with Gasteiger partial charge in [0.05, 0.1) is 5.54 Å². The minimum Gasteiger partial charge on any atom is -0.444 e. The number of nitrogens with one attached hydrogen (secondary N) is 1. The first kappa shape index (κ1) is 17.2. The van der Waals surface area contributed by atoms with E-state index in [2.05, 4.69) is 19.2 Å². The second kappa shape index (κ2) is 5.47. The fourth-order valence-corrected chi connectivity index (χ4v) is 1.72. The van der Waals surface area contributed by atoms with Crippen LogP contribution in [0.5, 0.6) is 0 Å². The van der Waals surface area contributed by atoms with Crippen molar-refractivity contribution in [1.29, 1.82) is 0 Å². The average Bonchev–Trinajstić information content (AvgIpc) is 1.94. The molecule has 0 fully saturated rings. The summed E-state index contributed by atoms with van der Waals surface area (Å²) in [5, 5.41) is 2.84. The molecule has 0 saturated heterocycles. The van der Waals surface area contributed by atoms with Gasteiger partial charge in [-0.3, -0.25) is 0 Å². The van der Waals surface area contributed by atoms with E-state index in [1.807, 2.05) is 41.5 Å². The van der Waals surface area contributed by atoms with Crippen LogP contribution < -0.4 is 11.1 Å². The van der Waals surface area contributed by atoms with Crippen molar-refractivity contribution in [1.82, 2.24) is 5.32 Å². The SMILES string of the molecule is CC(C)CC(C)(C)OC(=O)NC(C)(C)C(C)(C)N. The fourth-order valence-electron chi connectivity index (χ4n) is 1.72. The Morgan fingerprint density at radius 1 is 1.17 bits per heavy atom. The molecule has 0 radical (unpaired) electrons. The van der Waals surface area contributed by atoms with Crippen LogP contribution in [-0.4, -0.2) is 22.8 Å². The highest BCUT2D eigenvalue weighted by Crippen LogP contribution is 2.22. The molecule has 0 atom stereocenters. The van der Waals surface area contributed by atoms with Gasteiger partial charge in [0.25, 0.3) is 0 Å². The first-order valence-electron chi connectivity index (χ1n) is 6.57. The van der Waals surface area contributed by atoms with Crippen molar-refractivity contribution in [3.8, 4) is 0 Å². The minimum absolute atomic E-state index is 0.413. The van der Waals surface area contributed by atoms with Crippen LogP contribution in [0.25, 0.3) is 0 Å². The van der Waals surface area contributed by atoms with Crippen LogP contribution in [0, 0.1) is 5.92 Å². The molecular weight excluding hydrogens is 228 g/mol. The Kier molecular flexibility index (Phi) is 5.24. The second-order valence-corrected chi connectivity index (χ2v) is 7.22. The topological polar surface area (TPSA) is 64.3 Å². The maximum absolute atomic E-state index is 11.9. The normalized spacial score (nSPS) is 13.7. The van der Waals surface area contributed by atoms with E-state index in [-0.39, 0.29) is 0 Å². The van der Waals surface area contributed by atoms with Gasteiger partial charge >= 0.3 is 6.09 Å². The van der Waals surface area contributed by atoms with Crippen LogP contribution in [-0.2, 0) is 4.74 Å². The third-order valence-electron chi connectivity index (χ3n) is 3.29. The predicted octanol–water partition coefficient (Wildman–Crippen LogP) is 3.05. The average molecular weight is 258 g/mol. The number of ether oxygens (including phenoxy) is 1. The molecular formula is C14H30N2O2. The maximum atomic E-state index is 11.9. The van der Waals surface area contributed by atoms with E-state index in [4.69, 9.17) is 10.5 Å². The van der Waals surface area contributed by atoms with E-state index < -0.39 is 22.8 Å². The number of alkyl carbamates (subject to hydrolysis) is 1. The highest BCUT2D eigenvalue weighted by atomic mass is 16.6. The monoisotopic (exact) mass is 258 g/mol. The van der Waals surface area contributed by atoms with Crippen molar-refractivity contribution in [3.05, 3.63) is 0 Å². The Hall–Kier alpha value is -0.770. The number of nitrogens with two attached hydrogens (primary N) is 1. The molecule has 1 amide bonds. The van der Waals surface area contributed by atoms with Crippen molar-refractivity contribution < 1.29 is 9.53 Å². The molecule has 108 valence electrons. The lowest BCUT2D eigenvalue weighted by molar-refractivity contribution is 0.0170. The summed E-state index contributed by atoms with van der Waals surface area (Å²) in [6, 6.07) is 0. The lowest BCUT2D eigenvalue weighted by atomic mass is 9.84. The van der Waals surface area contributed by atoms with Gasteiger partial charge in [0.1, 0.15) is 5.60 Å². The van der Waals surface area contributed by atoms with Gasteiger partial charge in [-0.2, -0.15) is 0 Å². The van der Waals surface area contributed by atoms with Gasteiger partial charge in [0.15, 0.2) is 0 Å². The summed E-state index contributed by atoms with van der Waals surface area (Å²) in [5.74, 6) is 0.478. The summed E-state index contributed by atoms with van der Waals surface area (Å²) in [5.41, 5.74) is 4.52. The summed E-state index contributed by atoms with van der Waals surface area (Å²) < 4.78 is 5.47. The van der Waals surface area contributed by atoms with Gasteiger partial charge in [-0.05, 0) is 53.9 Å². The number of hydrogen-bond donors (Lipinski definition) is 2. The molecule has 0 aliphatic heterocycles. The van der Waals surface area contributed by atoms with Crippen molar-refractivity contribution in [2.75, 3.05) is 0 Å². The third-order valence-corrected chi connectivity index (χ3v) is 3.29. The molecule has 0 aromatic rings. The first-order chi connectivity index (χ1) is 7.77. The van der Waals surface area contributed by atoms with Gasteiger partial charge in [0.2, 0.25) is 0 Å². The molecule has 0 unspecified atom stereocenters. The first-order valence-corrected chi connectivity index (χ1v) is 6.57. The van der Waals surface area contributed by atoms with E-state index in [0.29, 0.717) is 5.92 Å². The van der Waals surface area contributed by atoms with Gasteiger partial charge in [0, 0.05) is 5.54 Å². The van der Waals surface area contributed by atoms with Crippen molar-refractivity contribution in [3.63, 3.8) is 0 Å². The number of carbonyl (C=O) groups excluding carboxylic acids is 1. The zero-order valence-corrected chi connectivity index (χ0v) is 13.2. The van der Waals surface area contributed by atoms with Gasteiger partial charge in [-0.15, -0.1) is 0 Å². The van der Waals surface area contributed by atoms with Gasteiger partial charge in [-0.1, -0.05) is 13.8 Å². The van der Waals surface area contributed by atoms with Crippen molar-refractivity contribution >= 4 is 6.09 Å². The molecule has 0 heterocycles. The molecule has 0 aromatic carbocycles. The summed E-state index contributed by atoms with van der Waals surface area (Å²) >= 11 is 0. The van der Waals surface area contributed by atoms with E-state index in [0.717, 1.165) is 6.42 Å².